The number of allylic oxidation sites excluding steroid dienone is 2. The van der Waals surface area contributed by atoms with Gasteiger partial charge in [-0.3, -0.25) is 0 Å². The highest BCUT2D eigenvalue weighted by Crippen LogP contribution is 2.42. The summed E-state index contributed by atoms with van der Waals surface area (Å²) in [7, 11) is 2.15. The van der Waals surface area contributed by atoms with Gasteiger partial charge in [-0.05, 0) is 49.5 Å². The van der Waals surface area contributed by atoms with Crippen LogP contribution in [0.3, 0.4) is 0 Å². The SMILES string of the molecule is CCC1=CN(C)C(C)(c2c(C)ccc3c2oc2nc(C(C)C)ccc23)C=C1. The number of furan rings is 1. The van der Waals surface area contributed by atoms with Gasteiger partial charge >= 0.3 is 0 Å². The Kier molecular flexibility index (Phi) is 4.14. The lowest BCUT2D eigenvalue weighted by molar-refractivity contribution is 0.258. The van der Waals surface area contributed by atoms with Crippen LogP contribution in [0, 0.1) is 6.92 Å². The van der Waals surface area contributed by atoms with Crippen LogP contribution in [0.4, 0.5) is 0 Å². The Morgan fingerprint density at radius 1 is 1.15 bits per heavy atom. The molecule has 1 aromatic carbocycles. The second kappa shape index (κ2) is 6.26. The van der Waals surface area contributed by atoms with E-state index in [-0.39, 0.29) is 5.54 Å². The van der Waals surface area contributed by atoms with Gasteiger partial charge in [0.05, 0.1) is 5.54 Å². The molecule has 27 heavy (non-hydrogen) atoms. The van der Waals surface area contributed by atoms with Gasteiger partial charge in [-0.2, -0.15) is 0 Å². The maximum Gasteiger partial charge on any atom is 0.227 e. The fraction of sp³-hybridized carbons (Fsp3) is 0.375. The zero-order chi connectivity index (χ0) is 19.3. The highest BCUT2D eigenvalue weighted by atomic mass is 16.3. The van der Waals surface area contributed by atoms with Gasteiger partial charge < -0.3 is 9.32 Å². The lowest BCUT2D eigenvalue weighted by atomic mass is 9.83. The maximum absolute atomic E-state index is 6.38. The molecular formula is C24H28N2O. The number of fused-ring (bicyclic) bond motifs is 3. The fourth-order valence-corrected chi connectivity index (χ4v) is 4.07. The van der Waals surface area contributed by atoms with Gasteiger partial charge in [-0.25, -0.2) is 4.98 Å². The summed E-state index contributed by atoms with van der Waals surface area (Å²) in [5, 5.41) is 2.23. The molecule has 0 saturated heterocycles. The van der Waals surface area contributed by atoms with Crippen LogP contribution in [0.1, 0.15) is 56.9 Å². The third-order valence-electron chi connectivity index (χ3n) is 5.96. The molecule has 0 spiro atoms. The smallest absolute Gasteiger partial charge is 0.227 e. The maximum atomic E-state index is 6.38. The van der Waals surface area contributed by atoms with Crippen molar-refractivity contribution >= 4 is 22.1 Å². The first-order chi connectivity index (χ1) is 12.8. The summed E-state index contributed by atoms with van der Waals surface area (Å²) in [6.07, 6.45) is 7.83. The minimum Gasteiger partial charge on any atom is -0.437 e. The Bertz CT molecular complexity index is 1090. The van der Waals surface area contributed by atoms with Crippen LogP contribution in [0.15, 0.2) is 52.6 Å². The van der Waals surface area contributed by atoms with Gasteiger partial charge in [0.2, 0.25) is 5.71 Å². The minimum absolute atomic E-state index is 0.253. The van der Waals surface area contributed by atoms with E-state index in [1.54, 1.807) is 0 Å². The third kappa shape index (κ3) is 2.68. The topological polar surface area (TPSA) is 29.3 Å². The third-order valence-corrected chi connectivity index (χ3v) is 5.96. The summed E-state index contributed by atoms with van der Waals surface area (Å²) in [6, 6.07) is 8.64. The van der Waals surface area contributed by atoms with Crippen LogP contribution in [0.5, 0.6) is 0 Å². The standard InChI is InChI=1S/C24H28N2O/c1-7-17-12-13-24(5,26(6)14-17)21-16(4)8-9-18-19-10-11-20(15(2)3)25-23(19)27-22(18)21/h8-15H,7H2,1-6H3. The van der Waals surface area contributed by atoms with E-state index in [0.717, 1.165) is 34.2 Å². The minimum atomic E-state index is -0.253. The normalized spacial score (nSPS) is 20.1. The number of aromatic nitrogens is 1. The average Bonchev–Trinajstić information content (AvgIpc) is 3.01. The molecule has 1 unspecified atom stereocenters. The quantitative estimate of drug-likeness (QED) is 0.539. The summed E-state index contributed by atoms with van der Waals surface area (Å²) < 4.78 is 6.38. The van der Waals surface area contributed by atoms with Gasteiger partial charge in [0.15, 0.2) is 0 Å². The summed E-state index contributed by atoms with van der Waals surface area (Å²) in [4.78, 5) is 7.08. The Morgan fingerprint density at radius 3 is 2.56 bits per heavy atom. The molecule has 3 heteroatoms. The van der Waals surface area contributed by atoms with Crippen LogP contribution in [0.2, 0.25) is 0 Å². The molecular weight excluding hydrogens is 332 g/mol. The van der Waals surface area contributed by atoms with Gasteiger partial charge in [0.1, 0.15) is 5.58 Å². The van der Waals surface area contributed by atoms with Crippen molar-refractivity contribution in [2.45, 2.75) is 52.5 Å². The summed E-state index contributed by atoms with van der Waals surface area (Å²) in [6.45, 7) is 10.9. The summed E-state index contributed by atoms with van der Waals surface area (Å²) in [5.41, 5.74) is 6.29. The van der Waals surface area contributed by atoms with Crippen LogP contribution in [-0.2, 0) is 5.54 Å². The molecule has 1 atom stereocenters. The van der Waals surface area contributed by atoms with E-state index in [1.165, 1.54) is 16.7 Å². The molecule has 4 rings (SSSR count). The van der Waals surface area contributed by atoms with Crippen molar-refractivity contribution < 1.29 is 4.42 Å². The van der Waals surface area contributed by atoms with Crippen LogP contribution < -0.4 is 0 Å². The van der Waals surface area contributed by atoms with E-state index in [4.69, 9.17) is 9.40 Å². The summed E-state index contributed by atoms with van der Waals surface area (Å²) in [5.74, 6) is 0.381. The highest BCUT2D eigenvalue weighted by molar-refractivity contribution is 6.05. The van der Waals surface area contributed by atoms with Gasteiger partial charge in [-0.1, -0.05) is 45.1 Å². The Morgan fingerprint density at radius 2 is 1.89 bits per heavy atom. The Labute approximate surface area is 161 Å². The van der Waals surface area contributed by atoms with E-state index in [2.05, 4.69) is 89.2 Å². The second-order valence-electron chi connectivity index (χ2n) is 8.13. The molecule has 3 heterocycles. The highest BCUT2D eigenvalue weighted by Gasteiger charge is 2.34. The van der Waals surface area contributed by atoms with Crippen molar-refractivity contribution in [1.82, 2.24) is 9.88 Å². The predicted octanol–water partition coefficient (Wildman–Crippen LogP) is 6.42. The van der Waals surface area contributed by atoms with E-state index in [0.29, 0.717) is 5.92 Å². The monoisotopic (exact) mass is 360 g/mol. The number of benzene rings is 1. The lowest BCUT2D eigenvalue weighted by Crippen LogP contribution is -2.38. The first-order valence-electron chi connectivity index (χ1n) is 9.81. The van der Waals surface area contributed by atoms with Crippen molar-refractivity contribution in [3.05, 3.63) is 65.0 Å². The van der Waals surface area contributed by atoms with Crippen LogP contribution >= 0.6 is 0 Å². The molecule has 0 saturated carbocycles. The zero-order valence-corrected chi connectivity index (χ0v) is 17.1. The van der Waals surface area contributed by atoms with Crippen molar-refractivity contribution in [2.75, 3.05) is 7.05 Å². The molecule has 0 bridgehead atoms. The second-order valence-corrected chi connectivity index (χ2v) is 8.13. The lowest BCUT2D eigenvalue weighted by Gasteiger charge is -2.40. The Balaban J connectivity index is 1.98. The van der Waals surface area contributed by atoms with Crippen LogP contribution in [-0.4, -0.2) is 16.9 Å². The van der Waals surface area contributed by atoms with Crippen molar-refractivity contribution in [1.29, 1.82) is 0 Å². The molecule has 0 aliphatic carbocycles. The van der Waals surface area contributed by atoms with Gasteiger partial charge in [0.25, 0.3) is 0 Å². The summed E-state index contributed by atoms with van der Waals surface area (Å²) >= 11 is 0. The molecule has 1 aliphatic rings. The first kappa shape index (κ1) is 17.8. The number of nitrogens with zero attached hydrogens (tertiary/aromatic N) is 2. The molecule has 0 amide bonds. The molecule has 0 fully saturated rings. The molecule has 3 aromatic rings. The van der Waals surface area contributed by atoms with E-state index in [1.807, 2.05) is 0 Å². The molecule has 2 aromatic heterocycles. The Hall–Kier alpha value is -2.55. The molecule has 140 valence electrons. The number of rotatable bonds is 3. The van der Waals surface area contributed by atoms with Gasteiger partial charge in [0, 0.05) is 35.3 Å². The van der Waals surface area contributed by atoms with E-state index >= 15 is 0 Å². The first-order valence-corrected chi connectivity index (χ1v) is 9.81. The number of pyridine rings is 1. The number of likely N-dealkylation sites (N-methyl/N-ethyl adjacent to an activating group) is 1. The van der Waals surface area contributed by atoms with Crippen LogP contribution in [0.25, 0.3) is 22.1 Å². The molecule has 3 nitrogen and oxygen atoms in total. The average molecular weight is 361 g/mol. The zero-order valence-electron chi connectivity index (χ0n) is 17.1. The number of aryl methyl sites for hydroxylation is 1. The van der Waals surface area contributed by atoms with Crippen molar-refractivity contribution in [3.8, 4) is 0 Å². The fourth-order valence-electron chi connectivity index (χ4n) is 4.07. The van der Waals surface area contributed by atoms with E-state index < -0.39 is 0 Å². The molecule has 1 aliphatic heterocycles. The molecule has 0 radical (unpaired) electrons. The molecule has 0 N–H and O–H groups in total. The van der Waals surface area contributed by atoms with Crippen molar-refractivity contribution in [2.24, 2.45) is 0 Å². The van der Waals surface area contributed by atoms with Crippen molar-refractivity contribution in [3.63, 3.8) is 0 Å². The largest absolute Gasteiger partial charge is 0.437 e. The van der Waals surface area contributed by atoms with E-state index in [9.17, 15) is 0 Å². The number of hydrogen-bond donors (Lipinski definition) is 0. The van der Waals surface area contributed by atoms with Gasteiger partial charge in [-0.15, -0.1) is 0 Å². The predicted molar refractivity (Wildman–Crippen MR) is 113 cm³/mol. The number of hydrogen-bond acceptors (Lipinski definition) is 3.